The van der Waals surface area contributed by atoms with Crippen LogP contribution in [0.5, 0.6) is 11.5 Å². The summed E-state index contributed by atoms with van der Waals surface area (Å²) in [6.45, 7) is -0.0137. The Kier molecular flexibility index (Phi) is 8.24. The Hall–Kier alpha value is -3.54. The number of phenolic OH excluding ortho intramolecular Hbond substituents is 1. The molecule has 3 aromatic rings. The van der Waals surface area contributed by atoms with Crippen molar-refractivity contribution in [3.8, 4) is 11.5 Å². The van der Waals surface area contributed by atoms with E-state index in [-0.39, 0.29) is 42.6 Å². The number of esters is 1. The molecule has 1 fully saturated rings. The van der Waals surface area contributed by atoms with Crippen LogP contribution in [0.25, 0.3) is 10.8 Å². The monoisotopic (exact) mass is 475 g/mol. The van der Waals surface area contributed by atoms with Gasteiger partial charge < -0.3 is 19.9 Å². The fourth-order valence-electron chi connectivity index (χ4n) is 4.78. The summed E-state index contributed by atoms with van der Waals surface area (Å²) < 4.78 is 10.7. The first-order chi connectivity index (χ1) is 17.0. The van der Waals surface area contributed by atoms with Gasteiger partial charge in [-0.05, 0) is 59.0 Å². The van der Waals surface area contributed by atoms with Gasteiger partial charge in [-0.25, -0.2) is 0 Å². The van der Waals surface area contributed by atoms with E-state index in [2.05, 4.69) is 5.32 Å². The lowest BCUT2D eigenvalue weighted by atomic mass is 9.87. The number of hydrogen-bond acceptors (Lipinski definition) is 5. The largest absolute Gasteiger partial charge is 0.508 e. The molecule has 2 N–H and O–H groups in total. The molecule has 0 spiro atoms. The van der Waals surface area contributed by atoms with Gasteiger partial charge in [-0.2, -0.15) is 0 Å². The van der Waals surface area contributed by atoms with Gasteiger partial charge in [-0.1, -0.05) is 62.1 Å². The molecular weight excluding hydrogens is 442 g/mol. The maximum absolute atomic E-state index is 12.4. The number of hydrogen-bond donors (Lipinski definition) is 2. The van der Waals surface area contributed by atoms with Crippen LogP contribution in [-0.2, 0) is 14.3 Å². The number of carbonyl (C=O) groups is 2. The van der Waals surface area contributed by atoms with E-state index in [1.54, 1.807) is 12.1 Å². The Morgan fingerprint density at radius 1 is 0.914 bits per heavy atom. The van der Waals surface area contributed by atoms with Crippen molar-refractivity contribution in [1.29, 1.82) is 0 Å². The van der Waals surface area contributed by atoms with Crippen LogP contribution in [0.4, 0.5) is 0 Å². The predicted octanol–water partition coefficient (Wildman–Crippen LogP) is 5.46. The number of methoxy groups -OCH3 is 1. The number of carbonyl (C=O) groups excluding carboxylic acids is 2. The zero-order valence-corrected chi connectivity index (χ0v) is 20.2. The van der Waals surface area contributed by atoms with E-state index < -0.39 is 0 Å². The molecule has 3 aromatic carbocycles. The van der Waals surface area contributed by atoms with Crippen LogP contribution < -0.4 is 10.1 Å². The molecule has 6 heteroatoms. The molecule has 6 nitrogen and oxygen atoms in total. The Morgan fingerprint density at radius 3 is 2.31 bits per heavy atom. The molecule has 0 aliphatic heterocycles. The summed E-state index contributed by atoms with van der Waals surface area (Å²) in [6, 6.07) is 18.9. The molecule has 35 heavy (non-hydrogen) atoms. The molecule has 0 aromatic heterocycles. The van der Waals surface area contributed by atoms with E-state index in [9.17, 15) is 14.7 Å². The third-order valence-electron chi connectivity index (χ3n) is 6.72. The molecule has 1 aliphatic rings. The minimum Gasteiger partial charge on any atom is -0.508 e. The molecule has 1 unspecified atom stereocenters. The number of rotatable bonds is 8. The van der Waals surface area contributed by atoms with Crippen LogP contribution >= 0.6 is 0 Å². The zero-order valence-electron chi connectivity index (χ0n) is 20.2. The standard InChI is InChI=1S/C29H33NO5/c1-34-29(33)18-27(21-10-13-25(31)14-11-21)22-9-8-20-12-15-26(17-23(20)16-22)35-19-28(32)30-24-6-4-2-3-5-7-24/h8-17,24,27,31H,2-7,18-19H2,1H3,(H,30,32). The maximum Gasteiger partial charge on any atom is 0.306 e. The lowest BCUT2D eigenvalue weighted by Crippen LogP contribution is -2.37. The van der Waals surface area contributed by atoms with Crippen molar-refractivity contribution in [1.82, 2.24) is 5.32 Å². The van der Waals surface area contributed by atoms with Crippen LogP contribution in [0, 0.1) is 0 Å². The molecule has 0 heterocycles. The van der Waals surface area contributed by atoms with E-state index in [4.69, 9.17) is 9.47 Å². The van der Waals surface area contributed by atoms with Crippen molar-refractivity contribution in [2.24, 2.45) is 0 Å². The molecule has 4 rings (SSSR count). The van der Waals surface area contributed by atoms with Crippen molar-refractivity contribution >= 4 is 22.6 Å². The summed E-state index contributed by atoms with van der Waals surface area (Å²) in [5, 5.41) is 14.8. The van der Waals surface area contributed by atoms with Gasteiger partial charge in [0.05, 0.1) is 13.5 Å². The number of aromatic hydroxyl groups is 1. The van der Waals surface area contributed by atoms with Gasteiger partial charge in [0, 0.05) is 12.0 Å². The topological polar surface area (TPSA) is 84.9 Å². The number of phenols is 1. The molecule has 1 saturated carbocycles. The number of fused-ring (bicyclic) bond motifs is 1. The highest BCUT2D eigenvalue weighted by molar-refractivity contribution is 5.85. The SMILES string of the molecule is COC(=O)CC(c1ccc(O)cc1)c1ccc2ccc(OCC(=O)NC3CCCCCC3)cc2c1. The first kappa shape index (κ1) is 24.6. The molecule has 1 atom stereocenters. The highest BCUT2D eigenvalue weighted by atomic mass is 16.5. The third-order valence-corrected chi connectivity index (χ3v) is 6.72. The quantitative estimate of drug-likeness (QED) is 0.334. The van der Waals surface area contributed by atoms with E-state index in [1.165, 1.54) is 32.8 Å². The summed E-state index contributed by atoms with van der Waals surface area (Å²) in [6.07, 6.45) is 7.09. The van der Waals surface area contributed by atoms with E-state index in [1.807, 2.05) is 48.5 Å². The van der Waals surface area contributed by atoms with Gasteiger partial charge in [0.1, 0.15) is 11.5 Å². The second-order valence-corrected chi connectivity index (χ2v) is 9.24. The van der Waals surface area contributed by atoms with E-state index in [0.29, 0.717) is 5.75 Å². The molecule has 1 amide bonds. The number of ether oxygens (including phenoxy) is 2. The zero-order chi connectivity index (χ0) is 24.6. The van der Waals surface area contributed by atoms with Crippen molar-refractivity contribution in [2.75, 3.05) is 13.7 Å². The highest BCUT2D eigenvalue weighted by Gasteiger charge is 2.20. The first-order valence-corrected chi connectivity index (χ1v) is 12.3. The van der Waals surface area contributed by atoms with Crippen molar-refractivity contribution in [2.45, 2.75) is 56.9 Å². The fraction of sp³-hybridized carbons (Fsp3) is 0.379. The summed E-state index contributed by atoms with van der Waals surface area (Å²) in [5.74, 6) is 0.187. The average molecular weight is 476 g/mol. The van der Waals surface area contributed by atoms with Gasteiger partial charge in [0.15, 0.2) is 6.61 Å². The van der Waals surface area contributed by atoms with Crippen LogP contribution in [-0.4, -0.2) is 36.7 Å². The average Bonchev–Trinajstić information content (AvgIpc) is 3.14. The van der Waals surface area contributed by atoms with Gasteiger partial charge >= 0.3 is 5.97 Å². The predicted molar refractivity (Wildman–Crippen MR) is 136 cm³/mol. The molecular formula is C29H33NO5. The Balaban J connectivity index is 1.49. The van der Waals surface area contributed by atoms with Crippen LogP contribution in [0.15, 0.2) is 60.7 Å². The van der Waals surface area contributed by atoms with Crippen LogP contribution in [0.2, 0.25) is 0 Å². The summed E-state index contributed by atoms with van der Waals surface area (Å²) in [5.41, 5.74) is 1.87. The molecule has 0 saturated heterocycles. The number of nitrogens with one attached hydrogen (secondary N) is 1. The molecule has 0 bridgehead atoms. The lowest BCUT2D eigenvalue weighted by Gasteiger charge is -2.18. The smallest absolute Gasteiger partial charge is 0.306 e. The fourth-order valence-corrected chi connectivity index (χ4v) is 4.78. The van der Waals surface area contributed by atoms with Crippen molar-refractivity contribution < 1.29 is 24.2 Å². The van der Waals surface area contributed by atoms with E-state index in [0.717, 1.165) is 34.7 Å². The number of benzene rings is 3. The number of amides is 1. The Bertz CT molecular complexity index is 1150. The van der Waals surface area contributed by atoms with Crippen molar-refractivity contribution in [3.05, 3.63) is 71.8 Å². The first-order valence-electron chi connectivity index (χ1n) is 12.3. The van der Waals surface area contributed by atoms with Gasteiger partial charge in [0.25, 0.3) is 5.91 Å². The summed E-state index contributed by atoms with van der Waals surface area (Å²) in [7, 11) is 1.38. The second kappa shape index (κ2) is 11.7. The summed E-state index contributed by atoms with van der Waals surface area (Å²) in [4.78, 5) is 24.6. The minimum atomic E-state index is -0.306. The maximum atomic E-state index is 12.4. The second-order valence-electron chi connectivity index (χ2n) is 9.24. The summed E-state index contributed by atoms with van der Waals surface area (Å²) >= 11 is 0. The van der Waals surface area contributed by atoms with E-state index >= 15 is 0 Å². The van der Waals surface area contributed by atoms with Crippen LogP contribution in [0.3, 0.4) is 0 Å². The van der Waals surface area contributed by atoms with Crippen molar-refractivity contribution in [3.63, 3.8) is 0 Å². The van der Waals surface area contributed by atoms with Crippen LogP contribution in [0.1, 0.15) is 62.0 Å². The van der Waals surface area contributed by atoms with Gasteiger partial charge in [-0.3, -0.25) is 9.59 Å². The Morgan fingerprint density at radius 2 is 1.60 bits per heavy atom. The lowest BCUT2D eigenvalue weighted by molar-refractivity contribution is -0.140. The molecule has 0 radical (unpaired) electrons. The molecule has 184 valence electrons. The highest BCUT2D eigenvalue weighted by Crippen LogP contribution is 2.32. The normalized spacial score (nSPS) is 15.2. The molecule has 1 aliphatic carbocycles. The minimum absolute atomic E-state index is 0.0137. The van der Waals surface area contributed by atoms with Gasteiger partial charge in [0.2, 0.25) is 0 Å². The van der Waals surface area contributed by atoms with Gasteiger partial charge in [-0.15, -0.1) is 0 Å². The third kappa shape index (κ3) is 6.75. The Labute approximate surface area is 206 Å².